The van der Waals surface area contributed by atoms with Gasteiger partial charge in [0.2, 0.25) is 5.91 Å². The highest BCUT2D eigenvalue weighted by Gasteiger charge is 2.33. The summed E-state index contributed by atoms with van der Waals surface area (Å²) in [6.45, 7) is 0. The van der Waals surface area contributed by atoms with E-state index in [0.29, 0.717) is 21.6 Å². The number of benzene rings is 2. The number of hydrogen-bond acceptors (Lipinski definition) is 3. The normalized spacial score (nSPS) is 14.7. The van der Waals surface area contributed by atoms with Gasteiger partial charge in [-0.3, -0.25) is 4.79 Å². The molecule has 1 amide bonds. The predicted molar refractivity (Wildman–Crippen MR) is 106 cm³/mol. The second-order valence-corrected chi connectivity index (χ2v) is 8.06. The van der Waals surface area contributed by atoms with Crippen LogP contribution < -0.4 is 5.32 Å². The van der Waals surface area contributed by atoms with Crippen LogP contribution >= 0.6 is 22.9 Å². The number of amides is 1. The highest BCUT2D eigenvalue weighted by molar-refractivity contribution is 7.13. The molecule has 1 heterocycles. The summed E-state index contributed by atoms with van der Waals surface area (Å²) < 4.78 is 13.4. The fourth-order valence-electron chi connectivity index (χ4n) is 3.10. The van der Waals surface area contributed by atoms with E-state index in [1.54, 1.807) is 6.07 Å². The summed E-state index contributed by atoms with van der Waals surface area (Å²) in [7, 11) is 0. The number of hydrogen-bond donors (Lipinski definition) is 1. The number of nitrogens with one attached hydrogen (secondary N) is 1. The van der Waals surface area contributed by atoms with Crippen LogP contribution in [-0.4, -0.2) is 10.9 Å². The van der Waals surface area contributed by atoms with Crippen LogP contribution in [0.4, 0.5) is 4.39 Å². The minimum atomic E-state index is -0.294. The van der Waals surface area contributed by atoms with Crippen LogP contribution in [0.2, 0.25) is 5.02 Å². The van der Waals surface area contributed by atoms with Crippen LogP contribution in [-0.2, 0) is 11.2 Å². The lowest BCUT2D eigenvalue weighted by atomic mass is 10.0. The molecule has 1 fully saturated rings. The standard InChI is InChI=1S/C21H18ClFN2OS/c22-16-8-6-14(7-9-16)20(13-4-5-13)25-19(26)11-18-12-27-21(24-18)15-2-1-3-17(23)10-15/h1-3,6-10,12-13,20H,4-5,11H2,(H,25,26)/t20-/m0/s1. The third-order valence-corrected chi connectivity index (χ3v) is 5.80. The molecule has 0 aliphatic heterocycles. The van der Waals surface area contributed by atoms with E-state index < -0.39 is 0 Å². The molecule has 1 aliphatic rings. The molecule has 27 heavy (non-hydrogen) atoms. The number of rotatable bonds is 6. The van der Waals surface area contributed by atoms with Gasteiger partial charge in [0, 0.05) is 16.0 Å². The van der Waals surface area contributed by atoms with Crippen molar-refractivity contribution in [3.8, 4) is 10.6 Å². The van der Waals surface area contributed by atoms with Crippen LogP contribution in [0.3, 0.4) is 0 Å². The van der Waals surface area contributed by atoms with Crippen LogP contribution in [0, 0.1) is 11.7 Å². The van der Waals surface area contributed by atoms with Gasteiger partial charge in [-0.05, 0) is 48.6 Å². The molecule has 1 saturated carbocycles. The van der Waals surface area contributed by atoms with Crippen molar-refractivity contribution >= 4 is 28.8 Å². The molecule has 1 atom stereocenters. The zero-order valence-electron chi connectivity index (χ0n) is 14.5. The Labute approximate surface area is 166 Å². The lowest BCUT2D eigenvalue weighted by Crippen LogP contribution is -2.31. The minimum Gasteiger partial charge on any atom is -0.349 e. The molecule has 3 nitrogen and oxygen atoms in total. The molecular weight excluding hydrogens is 383 g/mol. The second-order valence-electron chi connectivity index (χ2n) is 6.77. The zero-order valence-corrected chi connectivity index (χ0v) is 16.1. The van der Waals surface area contributed by atoms with Crippen molar-refractivity contribution < 1.29 is 9.18 Å². The van der Waals surface area contributed by atoms with Gasteiger partial charge < -0.3 is 5.32 Å². The van der Waals surface area contributed by atoms with Gasteiger partial charge in [-0.25, -0.2) is 9.37 Å². The average molecular weight is 401 g/mol. The third-order valence-electron chi connectivity index (χ3n) is 4.60. The smallest absolute Gasteiger partial charge is 0.226 e. The van der Waals surface area contributed by atoms with Gasteiger partial charge in [-0.15, -0.1) is 11.3 Å². The lowest BCUT2D eigenvalue weighted by molar-refractivity contribution is -0.121. The van der Waals surface area contributed by atoms with Crippen molar-refractivity contribution in [2.45, 2.75) is 25.3 Å². The number of thiazole rings is 1. The summed E-state index contributed by atoms with van der Waals surface area (Å²) in [6.07, 6.45) is 2.45. The lowest BCUT2D eigenvalue weighted by Gasteiger charge is -2.18. The van der Waals surface area contributed by atoms with Gasteiger partial charge in [0.15, 0.2) is 0 Å². The summed E-state index contributed by atoms with van der Waals surface area (Å²) >= 11 is 7.39. The first-order valence-electron chi connectivity index (χ1n) is 8.83. The van der Waals surface area contributed by atoms with E-state index >= 15 is 0 Å². The Morgan fingerprint density at radius 2 is 2.04 bits per heavy atom. The van der Waals surface area contributed by atoms with E-state index in [1.165, 1.54) is 23.5 Å². The molecule has 1 aliphatic carbocycles. The van der Waals surface area contributed by atoms with Crippen molar-refractivity contribution in [2.24, 2.45) is 5.92 Å². The first-order chi connectivity index (χ1) is 13.1. The van der Waals surface area contributed by atoms with E-state index in [4.69, 9.17) is 11.6 Å². The van der Waals surface area contributed by atoms with Gasteiger partial charge in [0.05, 0.1) is 18.2 Å². The van der Waals surface area contributed by atoms with Gasteiger partial charge >= 0.3 is 0 Å². The fraction of sp³-hybridized carbons (Fsp3) is 0.238. The third kappa shape index (κ3) is 4.54. The Bertz CT molecular complexity index is 953. The van der Waals surface area contributed by atoms with Crippen LogP contribution in [0.1, 0.15) is 30.1 Å². The molecule has 1 aromatic heterocycles. The molecule has 3 aromatic rings. The molecule has 4 rings (SSSR count). The molecule has 0 unspecified atom stereocenters. The van der Waals surface area contributed by atoms with Crippen molar-refractivity contribution in [1.29, 1.82) is 0 Å². The maximum atomic E-state index is 13.4. The Kier molecular flexibility index (Phi) is 5.23. The minimum absolute atomic E-state index is 0.0103. The molecule has 1 N–H and O–H groups in total. The summed E-state index contributed by atoms with van der Waals surface area (Å²) in [5.74, 6) is 0.128. The summed E-state index contributed by atoms with van der Waals surface area (Å²) in [6, 6.07) is 14.0. The van der Waals surface area contributed by atoms with E-state index in [-0.39, 0.29) is 24.2 Å². The zero-order chi connectivity index (χ0) is 18.8. The highest BCUT2D eigenvalue weighted by atomic mass is 35.5. The maximum Gasteiger partial charge on any atom is 0.226 e. The van der Waals surface area contributed by atoms with E-state index in [9.17, 15) is 9.18 Å². The summed E-state index contributed by atoms with van der Waals surface area (Å²) in [4.78, 5) is 17.0. The van der Waals surface area contributed by atoms with Gasteiger partial charge in [-0.2, -0.15) is 0 Å². The highest BCUT2D eigenvalue weighted by Crippen LogP contribution is 2.41. The topological polar surface area (TPSA) is 42.0 Å². The maximum absolute atomic E-state index is 13.4. The molecule has 138 valence electrons. The van der Waals surface area contributed by atoms with Gasteiger partial charge in [0.25, 0.3) is 0 Å². The molecule has 0 saturated heterocycles. The van der Waals surface area contributed by atoms with Crippen molar-refractivity contribution in [2.75, 3.05) is 0 Å². The van der Waals surface area contributed by atoms with Crippen LogP contribution in [0.5, 0.6) is 0 Å². The first kappa shape index (κ1) is 18.1. The predicted octanol–water partition coefficient (Wildman–Crippen LogP) is 5.41. The fourth-order valence-corrected chi connectivity index (χ4v) is 4.05. The van der Waals surface area contributed by atoms with E-state index in [0.717, 1.165) is 24.0 Å². The number of halogens is 2. The second kappa shape index (κ2) is 7.79. The monoisotopic (exact) mass is 400 g/mol. The van der Waals surface area contributed by atoms with E-state index in [2.05, 4.69) is 10.3 Å². The molecule has 0 spiro atoms. The molecular formula is C21H18ClFN2OS. The Hall–Kier alpha value is -2.24. The molecule has 2 aromatic carbocycles. The Morgan fingerprint density at radius 1 is 1.26 bits per heavy atom. The van der Waals surface area contributed by atoms with Gasteiger partial charge in [0.1, 0.15) is 10.8 Å². The van der Waals surface area contributed by atoms with Crippen molar-refractivity contribution in [1.82, 2.24) is 10.3 Å². The number of carbonyl (C=O) groups is 1. The summed E-state index contributed by atoms with van der Waals surface area (Å²) in [5.41, 5.74) is 2.50. The van der Waals surface area contributed by atoms with Crippen molar-refractivity contribution in [3.05, 3.63) is 76.0 Å². The SMILES string of the molecule is O=C(Cc1csc(-c2cccc(F)c2)n1)N[C@H](c1ccc(Cl)cc1)C1CC1. The molecule has 0 radical (unpaired) electrons. The largest absolute Gasteiger partial charge is 0.349 e. The van der Waals surface area contributed by atoms with E-state index in [1.807, 2.05) is 35.7 Å². The van der Waals surface area contributed by atoms with Crippen LogP contribution in [0.25, 0.3) is 10.6 Å². The van der Waals surface area contributed by atoms with Crippen LogP contribution in [0.15, 0.2) is 53.9 Å². The van der Waals surface area contributed by atoms with Gasteiger partial charge in [-0.1, -0.05) is 35.9 Å². The first-order valence-corrected chi connectivity index (χ1v) is 10.1. The Balaban J connectivity index is 1.43. The number of aromatic nitrogens is 1. The quantitative estimate of drug-likeness (QED) is 0.600. The molecule has 0 bridgehead atoms. The number of nitrogens with zero attached hydrogens (tertiary/aromatic N) is 1. The summed E-state index contributed by atoms with van der Waals surface area (Å²) in [5, 5.41) is 6.40. The van der Waals surface area contributed by atoms with Crippen molar-refractivity contribution in [3.63, 3.8) is 0 Å². The Morgan fingerprint density at radius 3 is 2.74 bits per heavy atom. The average Bonchev–Trinajstić information content (AvgIpc) is 3.39. The molecule has 6 heteroatoms. The number of carbonyl (C=O) groups excluding carboxylic acids is 1.